The summed E-state index contributed by atoms with van der Waals surface area (Å²) in [4.78, 5) is 4.32. The van der Waals surface area contributed by atoms with Gasteiger partial charge in [0, 0.05) is 13.1 Å². The highest BCUT2D eigenvalue weighted by Crippen LogP contribution is 2.21. The number of alkyl halides is 3. The minimum absolute atomic E-state index is 0.0700. The van der Waals surface area contributed by atoms with Gasteiger partial charge in [-0.25, -0.2) is 4.98 Å². The summed E-state index contributed by atoms with van der Waals surface area (Å²) in [6, 6.07) is 7.65. The Kier molecular flexibility index (Phi) is 3.63. The molecule has 1 aromatic carbocycles. The molecule has 0 aliphatic rings. The van der Waals surface area contributed by atoms with Crippen LogP contribution in [0.2, 0.25) is 0 Å². The highest BCUT2D eigenvalue weighted by atomic mass is 32.1. The standard InChI is InChI=1S/C11H11F3N2S/c12-11(13,14)5-6-15-7-10-16-8-3-1-2-4-9(8)17-10/h1-4,15H,5-7H2. The number of hydrogen-bond donors (Lipinski definition) is 1. The summed E-state index contributed by atoms with van der Waals surface area (Å²) in [7, 11) is 0. The van der Waals surface area contributed by atoms with Gasteiger partial charge in [0.15, 0.2) is 0 Å². The average Bonchev–Trinajstić information content (AvgIpc) is 2.65. The molecular weight excluding hydrogens is 249 g/mol. The molecule has 0 aliphatic heterocycles. The minimum atomic E-state index is -4.10. The summed E-state index contributed by atoms with van der Waals surface area (Å²) < 4.78 is 36.7. The van der Waals surface area contributed by atoms with Gasteiger partial charge in [-0.1, -0.05) is 12.1 Å². The quantitative estimate of drug-likeness (QED) is 0.853. The molecule has 0 spiro atoms. The zero-order valence-electron chi connectivity index (χ0n) is 8.92. The molecule has 92 valence electrons. The number of rotatable bonds is 4. The third-order valence-corrected chi connectivity index (χ3v) is 3.24. The predicted molar refractivity (Wildman–Crippen MR) is 62.0 cm³/mol. The molecule has 0 bridgehead atoms. The van der Waals surface area contributed by atoms with E-state index in [0.29, 0.717) is 6.54 Å². The molecule has 6 heteroatoms. The third-order valence-electron chi connectivity index (χ3n) is 2.20. The Morgan fingerprint density at radius 3 is 2.71 bits per heavy atom. The molecule has 0 saturated carbocycles. The summed E-state index contributed by atoms with van der Waals surface area (Å²) in [5, 5.41) is 3.56. The van der Waals surface area contributed by atoms with Crippen LogP contribution >= 0.6 is 11.3 Å². The number of fused-ring (bicyclic) bond motifs is 1. The third kappa shape index (κ3) is 3.67. The minimum Gasteiger partial charge on any atom is -0.310 e. The van der Waals surface area contributed by atoms with Crippen molar-refractivity contribution in [1.29, 1.82) is 0 Å². The van der Waals surface area contributed by atoms with E-state index in [1.165, 1.54) is 11.3 Å². The lowest BCUT2D eigenvalue weighted by molar-refractivity contribution is -0.133. The van der Waals surface area contributed by atoms with Gasteiger partial charge >= 0.3 is 6.18 Å². The Labute approximate surface area is 100 Å². The second-order valence-corrected chi connectivity index (χ2v) is 4.73. The Morgan fingerprint density at radius 2 is 2.00 bits per heavy atom. The van der Waals surface area contributed by atoms with Crippen molar-refractivity contribution < 1.29 is 13.2 Å². The maximum Gasteiger partial charge on any atom is 0.390 e. The fourth-order valence-electron chi connectivity index (χ4n) is 1.42. The molecule has 0 saturated heterocycles. The lowest BCUT2D eigenvalue weighted by atomic mass is 10.3. The van der Waals surface area contributed by atoms with E-state index in [1.807, 2.05) is 24.3 Å². The van der Waals surface area contributed by atoms with E-state index >= 15 is 0 Å². The molecule has 0 amide bonds. The van der Waals surface area contributed by atoms with Gasteiger partial charge in [0.05, 0.1) is 16.6 Å². The first-order chi connectivity index (χ1) is 8.04. The van der Waals surface area contributed by atoms with E-state index in [1.54, 1.807) is 0 Å². The van der Waals surface area contributed by atoms with Crippen molar-refractivity contribution >= 4 is 21.6 Å². The van der Waals surface area contributed by atoms with Gasteiger partial charge in [0.2, 0.25) is 0 Å². The van der Waals surface area contributed by atoms with Crippen molar-refractivity contribution in [3.63, 3.8) is 0 Å². The van der Waals surface area contributed by atoms with Crippen LogP contribution in [0.4, 0.5) is 13.2 Å². The summed E-state index contributed by atoms with van der Waals surface area (Å²) in [5.41, 5.74) is 0.894. The first-order valence-electron chi connectivity index (χ1n) is 5.16. The monoisotopic (exact) mass is 260 g/mol. The maximum absolute atomic E-state index is 11.9. The van der Waals surface area contributed by atoms with Crippen LogP contribution in [0.15, 0.2) is 24.3 Å². The van der Waals surface area contributed by atoms with Crippen LogP contribution in [0, 0.1) is 0 Å². The Bertz CT molecular complexity index is 460. The van der Waals surface area contributed by atoms with Gasteiger partial charge in [-0.05, 0) is 12.1 Å². The predicted octanol–water partition coefficient (Wildman–Crippen LogP) is 3.34. The van der Waals surface area contributed by atoms with Crippen molar-refractivity contribution in [2.75, 3.05) is 6.54 Å². The first kappa shape index (κ1) is 12.3. The zero-order chi connectivity index (χ0) is 12.3. The second-order valence-electron chi connectivity index (χ2n) is 3.62. The van der Waals surface area contributed by atoms with Crippen LogP contribution in [0.5, 0.6) is 0 Å². The molecule has 0 aliphatic carbocycles. The van der Waals surface area contributed by atoms with E-state index in [9.17, 15) is 13.2 Å². The van der Waals surface area contributed by atoms with Crippen LogP contribution in [-0.2, 0) is 6.54 Å². The zero-order valence-corrected chi connectivity index (χ0v) is 9.74. The number of thiazole rings is 1. The SMILES string of the molecule is FC(F)(F)CCNCc1nc2ccccc2s1. The van der Waals surface area contributed by atoms with Crippen LogP contribution < -0.4 is 5.32 Å². The summed E-state index contributed by atoms with van der Waals surface area (Å²) in [6.07, 6.45) is -4.90. The van der Waals surface area contributed by atoms with Crippen LogP contribution in [-0.4, -0.2) is 17.7 Å². The molecule has 2 nitrogen and oxygen atoms in total. The fraction of sp³-hybridized carbons (Fsp3) is 0.364. The largest absolute Gasteiger partial charge is 0.390 e. The summed E-state index contributed by atoms with van der Waals surface area (Å²) in [5.74, 6) is 0. The molecule has 0 fully saturated rings. The number of benzene rings is 1. The molecule has 0 atom stereocenters. The van der Waals surface area contributed by atoms with Gasteiger partial charge in [-0.15, -0.1) is 11.3 Å². The number of hydrogen-bond acceptors (Lipinski definition) is 3. The van der Waals surface area contributed by atoms with Crippen molar-refractivity contribution in [3.8, 4) is 0 Å². The van der Waals surface area contributed by atoms with Crippen molar-refractivity contribution in [1.82, 2.24) is 10.3 Å². The number of aromatic nitrogens is 1. The van der Waals surface area contributed by atoms with Gasteiger partial charge in [0.25, 0.3) is 0 Å². The van der Waals surface area contributed by atoms with E-state index < -0.39 is 12.6 Å². The number of nitrogens with one attached hydrogen (secondary N) is 1. The molecule has 1 aromatic heterocycles. The molecule has 2 aromatic rings. The van der Waals surface area contributed by atoms with Crippen molar-refractivity contribution in [2.24, 2.45) is 0 Å². The molecule has 1 heterocycles. The van der Waals surface area contributed by atoms with Crippen molar-refractivity contribution in [3.05, 3.63) is 29.3 Å². The maximum atomic E-state index is 11.9. The summed E-state index contributed by atoms with van der Waals surface area (Å²) >= 11 is 1.50. The van der Waals surface area contributed by atoms with Crippen LogP contribution in [0.1, 0.15) is 11.4 Å². The van der Waals surface area contributed by atoms with E-state index in [0.717, 1.165) is 15.2 Å². The topological polar surface area (TPSA) is 24.9 Å². The Morgan fingerprint density at radius 1 is 1.24 bits per heavy atom. The van der Waals surface area contributed by atoms with Crippen molar-refractivity contribution in [2.45, 2.75) is 19.1 Å². The highest BCUT2D eigenvalue weighted by Gasteiger charge is 2.25. The Hall–Kier alpha value is -1.14. The molecule has 2 rings (SSSR count). The lowest BCUT2D eigenvalue weighted by Crippen LogP contribution is -2.21. The fourth-order valence-corrected chi connectivity index (χ4v) is 2.36. The van der Waals surface area contributed by atoms with Gasteiger partial charge < -0.3 is 5.32 Å². The Balaban J connectivity index is 1.87. The first-order valence-corrected chi connectivity index (χ1v) is 5.98. The van der Waals surface area contributed by atoms with Gasteiger partial charge in [0.1, 0.15) is 5.01 Å². The van der Waals surface area contributed by atoms with Crippen LogP contribution in [0.25, 0.3) is 10.2 Å². The highest BCUT2D eigenvalue weighted by molar-refractivity contribution is 7.18. The van der Waals surface area contributed by atoms with E-state index in [4.69, 9.17) is 0 Å². The molecule has 0 radical (unpaired) electrons. The normalized spacial score (nSPS) is 12.2. The van der Waals surface area contributed by atoms with Gasteiger partial charge in [-0.3, -0.25) is 0 Å². The molecule has 1 N–H and O–H groups in total. The molecule has 17 heavy (non-hydrogen) atoms. The molecular formula is C11H11F3N2S. The van der Waals surface area contributed by atoms with E-state index in [-0.39, 0.29) is 6.54 Å². The number of nitrogens with zero attached hydrogens (tertiary/aromatic N) is 1. The van der Waals surface area contributed by atoms with Crippen LogP contribution in [0.3, 0.4) is 0 Å². The van der Waals surface area contributed by atoms with Gasteiger partial charge in [-0.2, -0.15) is 13.2 Å². The summed E-state index contributed by atoms with van der Waals surface area (Å²) in [6.45, 7) is 0.314. The number of halogens is 3. The van der Waals surface area contributed by atoms with E-state index in [2.05, 4.69) is 10.3 Å². The lowest BCUT2D eigenvalue weighted by Gasteiger charge is -2.05. The average molecular weight is 260 g/mol. The molecule has 0 unspecified atom stereocenters. The smallest absolute Gasteiger partial charge is 0.310 e. The second kappa shape index (κ2) is 5.01. The number of para-hydroxylation sites is 1.